The molecular formula is C9H13BrN4. The van der Waals surface area contributed by atoms with Gasteiger partial charge in [-0.25, -0.2) is 9.97 Å². The number of aromatic nitrogens is 2. The van der Waals surface area contributed by atoms with Crippen LogP contribution >= 0.6 is 15.9 Å². The van der Waals surface area contributed by atoms with E-state index in [2.05, 4.69) is 36.5 Å². The fourth-order valence-electron chi connectivity index (χ4n) is 1.54. The highest BCUT2D eigenvalue weighted by Crippen LogP contribution is 2.10. The van der Waals surface area contributed by atoms with Crippen LogP contribution in [0.3, 0.4) is 0 Å². The van der Waals surface area contributed by atoms with Gasteiger partial charge in [0.2, 0.25) is 5.95 Å². The molecule has 0 spiro atoms. The van der Waals surface area contributed by atoms with Crippen LogP contribution in [0.2, 0.25) is 0 Å². The summed E-state index contributed by atoms with van der Waals surface area (Å²) in [7, 11) is 0. The summed E-state index contributed by atoms with van der Waals surface area (Å²) in [5.41, 5.74) is 0. The van der Waals surface area contributed by atoms with E-state index in [0.29, 0.717) is 12.0 Å². The molecule has 76 valence electrons. The number of piperidine rings is 1. The van der Waals surface area contributed by atoms with Crippen LogP contribution in [0.4, 0.5) is 5.95 Å². The zero-order valence-corrected chi connectivity index (χ0v) is 9.42. The first-order valence-electron chi connectivity index (χ1n) is 4.79. The van der Waals surface area contributed by atoms with Crippen LogP contribution in [-0.2, 0) is 0 Å². The standard InChI is InChI=1S/C9H13BrN4/c10-7-4-12-9(13-5-7)14-8-2-1-3-11-6-8/h4-5,8,11H,1-3,6H2,(H,12,13,14). The van der Waals surface area contributed by atoms with E-state index in [9.17, 15) is 0 Å². The summed E-state index contributed by atoms with van der Waals surface area (Å²) in [5, 5.41) is 6.64. The van der Waals surface area contributed by atoms with Gasteiger partial charge in [-0.15, -0.1) is 0 Å². The molecule has 2 heterocycles. The number of nitrogens with zero attached hydrogens (tertiary/aromatic N) is 2. The fourth-order valence-corrected chi connectivity index (χ4v) is 1.75. The highest BCUT2D eigenvalue weighted by molar-refractivity contribution is 9.10. The number of nitrogens with one attached hydrogen (secondary N) is 2. The molecule has 2 rings (SSSR count). The molecule has 1 aliphatic rings. The fraction of sp³-hybridized carbons (Fsp3) is 0.556. The molecule has 0 radical (unpaired) electrons. The van der Waals surface area contributed by atoms with Gasteiger partial charge in [-0.1, -0.05) is 0 Å². The molecule has 1 unspecified atom stereocenters. The van der Waals surface area contributed by atoms with Crippen molar-refractivity contribution in [3.8, 4) is 0 Å². The molecule has 4 nitrogen and oxygen atoms in total. The minimum atomic E-state index is 0.463. The van der Waals surface area contributed by atoms with Crippen molar-refractivity contribution >= 4 is 21.9 Å². The Morgan fingerprint density at radius 1 is 1.43 bits per heavy atom. The Bertz CT molecular complexity index is 281. The van der Waals surface area contributed by atoms with Gasteiger partial charge in [0.1, 0.15) is 0 Å². The summed E-state index contributed by atoms with van der Waals surface area (Å²) >= 11 is 3.31. The van der Waals surface area contributed by atoms with Crippen LogP contribution in [0.5, 0.6) is 0 Å². The third-order valence-electron chi connectivity index (χ3n) is 2.25. The Labute approximate surface area is 91.7 Å². The van der Waals surface area contributed by atoms with Crippen LogP contribution in [0, 0.1) is 0 Å². The van der Waals surface area contributed by atoms with E-state index in [1.165, 1.54) is 12.8 Å². The third-order valence-corrected chi connectivity index (χ3v) is 2.66. The Kier molecular flexibility index (Phi) is 3.31. The summed E-state index contributed by atoms with van der Waals surface area (Å²) in [4.78, 5) is 8.35. The Balaban J connectivity index is 1.92. The highest BCUT2D eigenvalue weighted by atomic mass is 79.9. The Morgan fingerprint density at radius 2 is 2.21 bits per heavy atom. The van der Waals surface area contributed by atoms with Crippen molar-refractivity contribution in [3.63, 3.8) is 0 Å². The molecule has 0 bridgehead atoms. The molecular weight excluding hydrogens is 244 g/mol. The number of halogens is 1. The normalized spacial score (nSPS) is 21.9. The van der Waals surface area contributed by atoms with E-state index in [0.717, 1.165) is 17.6 Å². The molecule has 5 heteroatoms. The van der Waals surface area contributed by atoms with Crippen molar-refractivity contribution in [2.45, 2.75) is 18.9 Å². The molecule has 1 aromatic heterocycles. The van der Waals surface area contributed by atoms with Crippen LogP contribution in [0.1, 0.15) is 12.8 Å². The van der Waals surface area contributed by atoms with Crippen molar-refractivity contribution < 1.29 is 0 Å². The lowest BCUT2D eigenvalue weighted by Gasteiger charge is -2.23. The van der Waals surface area contributed by atoms with Crippen LogP contribution in [0.15, 0.2) is 16.9 Å². The lowest BCUT2D eigenvalue weighted by Crippen LogP contribution is -2.38. The summed E-state index contributed by atoms with van der Waals surface area (Å²) in [6.45, 7) is 2.12. The number of anilines is 1. The predicted molar refractivity (Wildman–Crippen MR) is 59.2 cm³/mol. The highest BCUT2D eigenvalue weighted by Gasteiger charge is 2.12. The van der Waals surface area contributed by atoms with E-state index in [1.54, 1.807) is 12.4 Å². The monoisotopic (exact) mass is 256 g/mol. The smallest absolute Gasteiger partial charge is 0.222 e. The van der Waals surface area contributed by atoms with Gasteiger partial charge in [-0.05, 0) is 35.3 Å². The maximum Gasteiger partial charge on any atom is 0.222 e. The third kappa shape index (κ3) is 2.65. The second kappa shape index (κ2) is 4.70. The molecule has 1 aromatic rings. The topological polar surface area (TPSA) is 49.8 Å². The van der Waals surface area contributed by atoms with E-state index in [4.69, 9.17) is 0 Å². The van der Waals surface area contributed by atoms with Crippen molar-refractivity contribution in [3.05, 3.63) is 16.9 Å². The van der Waals surface area contributed by atoms with Gasteiger partial charge in [-0.3, -0.25) is 0 Å². The van der Waals surface area contributed by atoms with Crippen molar-refractivity contribution in [1.29, 1.82) is 0 Å². The zero-order valence-electron chi connectivity index (χ0n) is 7.83. The van der Waals surface area contributed by atoms with E-state index in [-0.39, 0.29) is 0 Å². The molecule has 1 saturated heterocycles. The maximum absolute atomic E-state index is 4.18. The van der Waals surface area contributed by atoms with E-state index in [1.807, 2.05) is 0 Å². The summed E-state index contributed by atoms with van der Waals surface area (Å²) in [6.07, 6.45) is 5.91. The average Bonchev–Trinajstić information content (AvgIpc) is 2.23. The SMILES string of the molecule is Brc1cnc(NC2CCCNC2)nc1. The number of rotatable bonds is 2. The Hall–Kier alpha value is -0.680. The van der Waals surface area contributed by atoms with Crippen molar-refractivity contribution in [2.75, 3.05) is 18.4 Å². The second-order valence-corrected chi connectivity index (χ2v) is 4.33. The molecule has 0 aliphatic carbocycles. The van der Waals surface area contributed by atoms with E-state index >= 15 is 0 Å². The predicted octanol–water partition coefficient (Wildman–Crippen LogP) is 1.40. The quantitative estimate of drug-likeness (QED) is 0.840. The van der Waals surface area contributed by atoms with Gasteiger partial charge in [0.15, 0.2) is 0 Å². The van der Waals surface area contributed by atoms with Crippen LogP contribution < -0.4 is 10.6 Å². The first kappa shape index (κ1) is 9.86. The minimum Gasteiger partial charge on any atom is -0.350 e. The number of hydrogen-bond donors (Lipinski definition) is 2. The molecule has 0 aromatic carbocycles. The lowest BCUT2D eigenvalue weighted by atomic mass is 10.1. The van der Waals surface area contributed by atoms with Gasteiger partial charge in [0, 0.05) is 25.0 Å². The minimum absolute atomic E-state index is 0.463. The van der Waals surface area contributed by atoms with Crippen LogP contribution in [-0.4, -0.2) is 29.1 Å². The Morgan fingerprint density at radius 3 is 2.86 bits per heavy atom. The van der Waals surface area contributed by atoms with Gasteiger partial charge >= 0.3 is 0 Å². The lowest BCUT2D eigenvalue weighted by molar-refractivity contribution is 0.478. The summed E-state index contributed by atoms with van der Waals surface area (Å²) in [6, 6.07) is 0.463. The first-order valence-corrected chi connectivity index (χ1v) is 5.59. The summed E-state index contributed by atoms with van der Waals surface area (Å²) in [5.74, 6) is 0.710. The second-order valence-electron chi connectivity index (χ2n) is 3.41. The first-order chi connectivity index (χ1) is 6.84. The zero-order chi connectivity index (χ0) is 9.80. The van der Waals surface area contributed by atoms with E-state index < -0.39 is 0 Å². The average molecular weight is 257 g/mol. The van der Waals surface area contributed by atoms with Gasteiger partial charge in [0.25, 0.3) is 0 Å². The number of hydrogen-bond acceptors (Lipinski definition) is 4. The largest absolute Gasteiger partial charge is 0.350 e. The van der Waals surface area contributed by atoms with Crippen molar-refractivity contribution in [1.82, 2.24) is 15.3 Å². The molecule has 2 N–H and O–H groups in total. The maximum atomic E-state index is 4.18. The van der Waals surface area contributed by atoms with Gasteiger partial charge < -0.3 is 10.6 Å². The molecule has 0 amide bonds. The molecule has 1 fully saturated rings. The molecule has 0 saturated carbocycles. The molecule has 14 heavy (non-hydrogen) atoms. The molecule has 1 atom stereocenters. The van der Waals surface area contributed by atoms with Gasteiger partial charge in [-0.2, -0.15) is 0 Å². The van der Waals surface area contributed by atoms with Gasteiger partial charge in [0.05, 0.1) is 4.47 Å². The summed E-state index contributed by atoms with van der Waals surface area (Å²) < 4.78 is 0.907. The molecule has 1 aliphatic heterocycles. The van der Waals surface area contributed by atoms with Crippen LogP contribution in [0.25, 0.3) is 0 Å². The van der Waals surface area contributed by atoms with Crippen molar-refractivity contribution in [2.24, 2.45) is 0 Å².